The zero-order chi connectivity index (χ0) is 10.0. The van der Waals surface area contributed by atoms with Crippen molar-refractivity contribution < 1.29 is 13.6 Å². The molecule has 0 spiro atoms. The Labute approximate surface area is 76.9 Å². The SMILES string of the molecule is CC1CC(=O)N(CC(F)F)CC1C. The van der Waals surface area contributed by atoms with E-state index in [0.717, 1.165) is 0 Å². The van der Waals surface area contributed by atoms with E-state index in [9.17, 15) is 13.6 Å². The fourth-order valence-corrected chi connectivity index (χ4v) is 1.58. The van der Waals surface area contributed by atoms with Gasteiger partial charge in [0.15, 0.2) is 0 Å². The van der Waals surface area contributed by atoms with Crippen molar-refractivity contribution in [1.29, 1.82) is 0 Å². The lowest BCUT2D eigenvalue weighted by atomic mass is 9.88. The van der Waals surface area contributed by atoms with Gasteiger partial charge in [-0.15, -0.1) is 0 Å². The van der Waals surface area contributed by atoms with Gasteiger partial charge in [-0.2, -0.15) is 0 Å². The Morgan fingerprint density at radius 1 is 1.46 bits per heavy atom. The zero-order valence-electron chi connectivity index (χ0n) is 7.96. The summed E-state index contributed by atoms with van der Waals surface area (Å²) in [6.45, 7) is 4.05. The summed E-state index contributed by atoms with van der Waals surface area (Å²) in [6, 6.07) is 0. The number of carbonyl (C=O) groups excluding carboxylic acids is 1. The minimum atomic E-state index is -2.41. The van der Waals surface area contributed by atoms with Crippen LogP contribution in [0.1, 0.15) is 20.3 Å². The summed E-state index contributed by atoms with van der Waals surface area (Å²) in [6.07, 6.45) is -2.00. The Morgan fingerprint density at radius 2 is 2.08 bits per heavy atom. The third-order valence-corrected chi connectivity index (χ3v) is 2.69. The molecule has 76 valence electrons. The Balaban J connectivity index is 2.51. The summed E-state index contributed by atoms with van der Waals surface area (Å²) in [5.41, 5.74) is 0. The van der Waals surface area contributed by atoms with Gasteiger partial charge in [0, 0.05) is 13.0 Å². The number of rotatable bonds is 2. The molecule has 0 saturated carbocycles. The van der Waals surface area contributed by atoms with E-state index in [0.29, 0.717) is 24.8 Å². The van der Waals surface area contributed by atoms with Crippen LogP contribution in [-0.2, 0) is 4.79 Å². The van der Waals surface area contributed by atoms with E-state index in [1.807, 2.05) is 13.8 Å². The number of halogens is 2. The first-order valence-electron chi connectivity index (χ1n) is 4.56. The maximum Gasteiger partial charge on any atom is 0.255 e. The molecule has 0 aliphatic carbocycles. The molecule has 0 aromatic heterocycles. The van der Waals surface area contributed by atoms with Gasteiger partial charge < -0.3 is 4.90 Å². The third-order valence-electron chi connectivity index (χ3n) is 2.69. The molecule has 1 saturated heterocycles. The first kappa shape index (κ1) is 10.4. The molecule has 1 rings (SSSR count). The molecule has 1 fully saturated rings. The first-order chi connectivity index (χ1) is 6.00. The molecule has 1 aliphatic heterocycles. The lowest BCUT2D eigenvalue weighted by Gasteiger charge is -2.34. The van der Waals surface area contributed by atoms with Gasteiger partial charge in [0.05, 0.1) is 6.54 Å². The second-order valence-electron chi connectivity index (χ2n) is 3.85. The van der Waals surface area contributed by atoms with Crippen LogP contribution in [0.4, 0.5) is 8.78 Å². The monoisotopic (exact) mass is 191 g/mol. The minimum Gasteiger partial charge on any atom is -0.337 e. The van der Waals surface area contributed by atoms with Crippen LogP contribution in [0, 0.1) is 11.8 Å². The largest absolute Gasteiger partial charge is 0.337 e. The summed E-state index contributed by atoms with van der Waals surface area (Å²) in [4.78, 5) is 12.6. The Hall–Kier alpha value is -0.670. The van der Waals surface area contributed by atoms with Gasteiger partial charge in [-0.25, -0.2) is 8.78 Å². The lowest BCUT2D eigenvalue weighted by molar-refractivity contribution is -0.138. The van der Waals surface area contributed by atoms with E-state index in [-0.39, 0.29) is 5.91 Å². The van der Waals surface area contributed by atoms with E-state index >= 15 is 0 Å². The van der Waals surface area contributed by atoms with E-state index in [1.54, 1.807) is 0 Å². The highest BCUT2D eigenvalue weighted by Crippen LogP contribution is 2.23. The van der Waals surface area contributed by atoms with Crippen LogP contribution < -0.4 is 0 Å². The molecule has 1 amide bonds. The molecule has 2 nitrogen and oxygen atoms in total. The van der Waals surface area contributed by atoms with Crippen LogP contribution in [0.5, 0.6) is 0 Å². The average molecular weight is 191 g/mol. The van der Waals surface area contributed by atoms with Crippen molar-refractivity contribution in [2.75, 3.05) is 13.1 Å². The molecule has 0 bridgehead atoms. The number of likely N-dealkylation sites (tertiary alicyclic amines) is 1. The van der Waals surface area contributed by atoms with Crippen molar-refractivity contribution in [3.05, 3.63) is 0 Å². The second-order valence-corrected chi connectivity index (χ2v) is 3.85. The molecule has 2 atom stereocenters. The number of hydrogen-bond acceptors (Lipinski definition) is 1. The topological polar surface area (TPSA) is 20.3 Å². The number of hydrogen-bond donors (Lipinski definition) is 0. The lowest BCUT2D eigenvalue weighted by Crippen LogP contribution is -2.44. The van der Waals surface area contributed by atoms with Gasteiger partial charge >= 0.3 is 0 Å². The molecule has 1 aliphatic rings. The summed E-state index contributed by atoms with van der Waals surface area (Å²) in [7, 11) is 0. The van der Waals surface area contributed by atoms with Crippen LogP contribution in [0.3, 0.4) is 0 Å². The van der Waals surface area contributed by atoms with Gasteiger partial charge in [-0.1, -0.05) is 13.8 Å². The third kappa shape index (κ3) is 2.64. The average Bonchev–Trinajstić information content (AvgIpc) is 1.99. The fraction of sp³-hybridized carbons (Fsp3) is 0.889. The van der Waals surface area contributed by atoms with Crippen LogP contribution in [0.2, 0.25) is 0 Å². The molecule has 0 aromatic carbocycles. The van der Waals surface area contributed by atoms with E-state index in [1.165, 1.54) is 4.90 Å². The predicted molar refractivity (Wildman–Crippen MR) is 45.5 cm³/mol. The van der Waals surface area contributed by atoms with Crippen molar-refractivity contribution in [2.24, 2.45) is 11.8 Å². The molecule has 0 aromatic rings. The molecular weight excluding hydrogens is 176 g/mol. The number of nitrogens with zero attached hydrogens (tertiary/aromatic N) is 1. The smallest absolute Gasteiger partial charge is 0.255 e. The molecule has 1 heterocycles. The summed E-state index contributed by atoms with van der Waals surface area (Å²) < 4.78 is 24.0. The fourth-order valence-electron chi connectivity index (χ4n) is 1.58. The molecule has 4 heteroatoms. The standard InChI is InChI=1S/C9H15F2NO/c1-6-3-9(13)12(4-7(6)2)5-8(10)11/h6-8H,3-5H2,1-2H3. The van der Waals surface area contributed by atoms with Crippen molar-refractivity contribution in [3.63, 3.8) is 0 Å². The molecule has 0 radical (unpaired) electrons. The maximum atomic E-state index is 12.0. The minimum absolute atomic E-state index is 0.133. The number of carbonyl (C=O) groups is 1. The molecule has 0 N–H and O–H groups in total. The normalized spacial score (nSPS) is 29.9. The molecule has 2 unspecified atom stereocenters. The highest BCUT2D eigenvalue weighted by molar-refractivity contribution is 5.77. The molecule has 13 heavy (non-hydrogen) atoms. The van der Waals surface area contributed by atoms with Crippen molar-refractivity contribution in [1.82, 2.24) is 4.90 Å². The van der Waals surface area contributed by atoms with Gasteiger partial charge in [0.2, 0.25) is 5.91 Å². The Kier molecular flexibility index (Phi) is 3.22. The summed E-state index contributed by atoms with van der Waals surface area (Å²) >= 11 is 0. The van der Waals surface area contributed by atoms with Gasteiger partial charge in [0.1, 0.15) is 0 Å². The highest BCUT2D eigenvalue weighted by Gasteiger charge is 2.29. The Morgan fingerprint density at radius 3 is 2.62 bits per heavy atom. The van der Waals surface area contributed by atoms with Crippen LogP contribution in [0.15, 0.2) is 0 Å². The van der Waals surface area contributed by atoms with Gasteiger partial charge in [-0.05, 0) is 11.8 Å². The maximum absolute atomic E-state index is 12.0. The van der Waals surface area contributed by atoms with Crippen LogP contribution in [0.25, 0.3) is 0 Å². The quantitative estimate of drug-likeness (QED) is 0.651. The van der Waals surface area contributed by atoms with Crippen LogP contribution >= 0.6 is 0 Å². The zero-order valence-corrected chi connectivity index (χ0v) is 7.96. The molecular formula is C9H15F2NO. The summed E-state index contributed by atoms with van der Waals surface area (Å²) in [5.74, 6) is 0.517. The van der Waals surface area contributed by atoms with Crippen molar-refractivity contribution in [2.45, 2.75) is 26.7 Å². The van der Waals surface area contributed by atoms with Crippen molar-refractivity contribution in [3.8, 4) is 0 Å². The van der Waals surface area contributed by atoms with E-state index in [2.05, 4.69) is 0 Å². The van der Waals surface area contributed by atoms with E-state index < -0.39 is 13.0 Å². The summed E-state index contributed by atoms with van der Waals surface area (Å²) in [5, 5.41) is 0. The second kappa shape index (κ2) is 4.03. The number of amides is 1. The first-order valence-corrected chi connectivity index (χ1v) is 4.56. The van der Waals surface area contributed by atoms with Crippen LogP contribution in [-0.4, -0.2) is 30.3 Å². The number of alkyl halides is 2. The van der Waals surface area contributed by atoms with Crippen molar-refractivity contribution >= 4 is 5.91 Å². The highest BCUT2D eigenvalue weighted by atomic mass is 19.3. The Bertz CT molecular complexity index is 196. The van der Waals surface area contributed by atoms with Gasteiger partial charge in [-0.3, -0.25) is 4.79 Å². The number of piperidine rings is 1. The van der Waals surface area contributed by atoms with Gasteiger partial charge in [0.25, 0.3) is 6.43 Å². The predicted octanol–water partition coefficient (Wildman–Crippen LogP) is 1.76. The van der Waals surface area contributed by atoms with E-state index in [4.69, 9.17) is 0 Å².